The predicted molar refractivity (Wildman–Crippen MR) is 63.5 cm³/mol. The van der Waals surface area contributed by atoms with Crippen LogP contribution in [0.15, 0.2) is 18.5 Å². The number of amides is 1. The van der Waals surface area contributed by atoms with Crippen LogP contribution in [0, 0.1) is 5.82 Å². The number of aromatic nitrogens is 1. The van der Waals surface area contributed by atoms with Crippen LogP contribution in [0.2, 0.25) is 0 Å². The number of morpholine rings is 1. The van der Waals surface area contributed by atoms with Gasteiger partial charge in [-0.15, -0.1) is 0 Å². The van der Waals surface area contributed by atoms with Crippen molar-refractivity contribution in [3.63, 3.8) is 0 Å². The average Bonchev–Trinajstić information content (AvgIpc) is 2.39. The summed E-state index contributed by atoms with van der Waals surface area (Å²) in [5.74, 6) is -0.949. The van der Waals surface area contributed by atoms with Crippen LogP contribution >= 0.6 is 0 Å². The van der Waals surface area contributed by atoms with Crippen molar-refractivity contribution < 1.29 is 13.9 Å². The van der Waals surface area contributed by atoms with E-state index in [1.54, 1.807) is 4.90 Å². The molecule has 5 nitrogen and oxygen atoms in total. The van der Waals surface area contributed by atoms with Crippen molar-refractivity contribution in [1.29, 1.82) is 0 Å². The minimum Gasteiger partial charge on any atom is -0.373 e. The number of nitrogens with two attached hydrogens (primary N) is 1. The molecule has 1 aliphatic rings. The normalized spacial score (nSPS) is 24.1. The Morgan fingerprint density at radius 3 is 3.17 bits per heavy atom. The van der Waals surface area contributed by atoms with Gasteiger partial charge in [0.05, 0.1) is 30.5 Å². The van der Waals surface area contributed by atoms with Crippen molar-refractivity contribution in [2.45, 2.75) is 19.1 Å². The molecule has 2 N–H and O–H groups in total. The predicted octanol–water partition coefficient (Wildman–Crippen LogP) is 0.409. The molecule has 6 heteroatoms. The number of ether oxygens (including phenoxy) is 1. The summed E-state index contributed by atoms with van der Waals surface area (Å²) in [5.41, 5.74) is 5.57. The number of hydrogen-bond donors (Lipinski definition) is 1. The van der Waals surface area contributed by atoms with Gasteiger partial charge in [-0.3, -0.25) is 9.78 Å². The number of carbonyl (C=O) groups excluding carboxylic acids is 1. The molecular formula is C12H16FN3O2. The summed E-state index contributed by atoms with van der Waals surface area (Å²) in [4.78, 5) is 17.5. The Kier molecular flexibility index (Phi) is 3.88. The molecule has 98 valence electrons. The number of pyridine rings is 1. The smallest absolute Gasteiger partial charge is 0.257 e. The van der Waals surface area contributed by atoms with E-state index in [-0.39, 0.29) is 23.6 Å². The van der Waals surface area contributed by atoms with Crippen LogP contribution < -0.4 is 5.73 Å². The zero-order valence-electron chi connectivity index (χ0n) is 10.2. The summed E-state index contributed by atoms with van der Waals surface area (Å²) in [6.45, 7) is 3.01. The summed E-state index contributed by atoms with van der Waals surface area (Å²) < 4.78 is 19.0. The minimum atomic E-state index is -0.606. The van der Waals surface area contributed by atoms with Crippen molar-refractivity contribution in [2.24, 2.45) is 5.73 Å². The molecule has 0 radical (unpaired) electrons. The Balaban J connectivity index is 2.19. The van der Waals surface area contributed by atoms with Crippen molar-refractivity contribution in [2.75, 3.05) is 19.7 Å². The van der Waals surface area contributed by atoms with Crippen molar-refractivity contribution in [1.82, 2.24) is 9.88 Å². The summed E-state index contributed by atoms with van der Waals surface area (Å²) in [5, 5.41) is 0. The van der Waals surface area contributed by atoms with Crippen molar-refractivity contribution in [3.8, 4) is 0 Å². The van der Waals surface area contributed by atoms with E-state index in [1.807, 2.05) is 6.92 Å². The maximum absolute atomic E-state index is 13.5. The largest absolute Gasteiger partial charge is 0.373 e. The first-order valence-corrected chi connectivity index (χ1v) is 5.85. The van der Waals surface area contributed by atoms with E-state index in [1.165, 1.54) is 12.3 Å². The van der Waals surface area contributed by atoms with Gasteiger partial charge in [-0.05, 0) is 13.0 Å². The number of halogens is 1. The standard InChI is InChI=1S/C12H16FN3O2/c1-8-7-18-9(4-14)6-16(8)12(17)10-2-3-15-5-11(10)13/h2-3,5,8-9H,4,6-7,14H2,1H3. The third-order valence-corrected chi connectivity index (χ3v) is 3.03. The topological polar surface area (TPSA) is 68.5 Å². The molecular weight excluding hydrogens is 237 g/mol. The van der Waals surface area contributed by atoms with E-state index >= 15 is 0 Å². The monoisotopic (exact) mass is 253 g/mol. The Bertz CT molecular complexity index is 441. The first-order chi connectivity index (χ1) is 8.63. The van der Waals surface area contributed by atoms with Crippen LogP contribution in [0.5, 0.6) is 0 Å². The first-order valence-electron chi connectivity index (χ1n) is 5.85. The Morgan fingerprint density at radius 2 is 2.50 bits per heavy atom. The SMILES string of the molecule is CC1COC(CN)CN1C(=O)c1ccncc1F. The third kappa shape index (κ3) is 2.49. The molecule has 0 aromatic carbocycles. The number of nitrogens with zero attached hydrogens (tertiary/aromatic N) is 2. The van der Waals surface area contributed by atoms with E-state index < -0.39 is 5.82 Å². The van der Waals surface area contributed by atoms with Crippen LogP contribution in [-0.4, -0.2) is 47.6 Å². The van der Waals surface area contributed by atoms with Crippen LogP contribution in [0.3, 0.4) is 0 Å². The van der Waals surface area contributed by atoms with Gasteiger partial charge in [-0.25, -0.2) is 4.39 Å². The highest BCUT2D eigenvalue weighted by molar-refractivity contribution is 5.94. The van der Waals surface area contributed by atoms with Crippen LogP contribution in [-0.2, 0) is 4.74 Å². The lowest BCUT2D eigenvalue weighted by molar-refractivity contribution is -0.0427. The van der Waals surface area contributed by atoms with E-state index in [0.717, 1.165) is 6.20 Å². The maximum atomic E-state index is 13.5. The molecule has 1 saturated heterocycles. The lowest BCUT2D eigenvalue weighted by Gasteiger charge is -2.37. The number of carbonyl (C=O) groups is 1. The molecule has 0 saturated carbocycles. The van der Waals surface area contributed by atoms with Gasteiger partial charge in [0.1, 0.15) is 0 Å². The summed E-state index contributed by atoms with van der Waals surface area (Å²) in [7, 11) is 0. The zero-order chi connectivity index (χ0) is 13.1. The van der Waals surface area contributed by atoms with E-state index in [4.69, 9.17) is 10.5 Å². The van der Waals surface area contributed by atoms with E-state index in [0.29, 0.717) is 19.7 Å². The quantitative estimate of drug-likeness (QED) is 0.829. The van der Waals surface area contributed by atoms with E-state index in [2.05, 4.69) is 4.98 Å². The van der Waals surface area contributed by atoms with Crippen LogP contribution in [0.4, 0.5) is 4.39 Å². The first kappa shape index (κ1) is 12.9. The third-order valence-electron chi connectivity index (χ3n) is 3.03. The van der Waals surface area contributed by atoms with Gasteiger partial charge in [-0.1, -0.05) is 0 Å². The van der Waals surface area contributed by atoms with E-state index in [9.17, 15) is 9.18 Å². The number of hydrogen-bond acceptors (Lipinski definition) is 4. The fourth-order valence-corrected chi connectivity index (χ4v) is 1.95. The highest BCUT2D eigenvalue weighted by atomic mass is 19.1. The molecule has 2 heterocycles. The molecule has 2 atom stereocenters. The second-order valence-corrected chi connectivity index (χ2v) is 4.35. The molecule has 1 aromatic rings. The average molecular weight is 253 g/mol. The fourth-order valence-electron chi connectivity index (χ4n) is 1.95. The molecule has 0 aliphatic carbocycles. The summed E-state index contributed by atoms with van der Waals surface area (Å²) in [6, 6.07) is 1.30. The summed E-state index contributed by atoms with van der Waals surface area (Å²) >= 11 is 0. The van der Waals surface area contributed by atoms with Crippen LogP contribution in [0.1, 0.15) is 17.3 Å². The lowest BCUT2D eigenvalue weighted by atomic mass is 10.1. The highest BCUT2D eigenvalue weighted by Crippen LogP contribution is 2.16. The van der Waals surface area contributed by atoms with Gasteiger partial charge in [-0.2, -0.15) is 0 Å². The van der Waals surface area contributed by atoms with Crippen molar-refractivity contribution in [3.05, 3.63) is 29.8 Å². The second-order valence-electron chi connectivity index (χ2n) is 4.35. The molecule has 1 aromatic heterocycles. The Hall–Kier alpha value is -1.53. The molecule has 2 unspecified atom stereocenters. The molecule has 1 fully saturated rings. The van der Waals surface area contributed by atoms with Gasteiger partial charge < -0.3 is 15.4 Å². The Labute approximate surface area is 105 Å². The molecule has 0 bridgehead atoms. The van der Waals surface area contributed by atoms with Gasteiger partial charge >= 0.3 is 0 Å². The summed E-state index contributed by atoms with van der Waals surface area (Å²) in [6.07, 6.45) is 2.26. The van der Waals surface area contributed by atoms with Gasteiger partial charge in [0.15, 0.2) is 5.82 Å². The molecule has 2 rings (SSSR count). The number of rotatable bonds is 2. The van der Waals surface area contributed by atoms with Gasteiger partial charge in [0.25, 0.3) is 5.91 Å². The zero-order valence-corrected chi connectivity index (χ0v) is 10.2. The van der Waals surface area contributed by atoms with Crippen LogP contribution in [0.25, 0.3) is 0 Å². The molecule has 1 aliphatic heterocycles. The Morgan fingerprint density at radius 1 is 1.72 bits per heavy atom. The van der Waals surface area contributed by atoms with Crippen molar-refractivity contribution >= 4 is 5.91 Å². The molecule has 18 heavy (non-hydrogen) atoms. The highest BCUT2D eigenvalue weighted by Gasteiger charge is 2.30. The minimum absolute atomic E-state index is 0.0366. The van der Waals surface area contributed by atoms with Gasteiger partial charge in [0, 0.05) is 19.3 Å². The molecule has 1 amide bonds. The fraction of sp³-hybridized carbons (Fsp3) is 0.500. The lowest BCUT2D eigenvalue weighted by Crippen LogP contribution is -2.53. The maximum Gasteiger partial charge on any atom is 0.257 e. The second kappa shape index (κ2) is 5.41. The molecule has 0 spiro atoms. The van der Waals surface area contributed by atoms with Gasteiger partial charge in [0.2, 0.25) is 0 Å².